The fraction of sp³-hybridized carbons (Fsp3) is 0.158. The number of nitrogens with zero attached hydrogens (tertiary/aromatic N) is 1. The summed E-state index contributed by atoms with van der Waals surface area (Å²) >= 11 is 0. The van der Waals surface area contributed by atoms with Gasteiger partial charge in [-0.1, -0.05) is 24.3 Å². The van der Waals surface area contributed by atoms with E-state index in [0.29, 0.717) is 5.39 Å². The van der Waals surface area contributed by atoms with E-state index in [9.17, 15) is 9.59 Å². The predicted molar refractivity (Wildman–Crippen MR) is 93.1 cm³/mol. The Morgan fingerprint density at radius 1 is 1.09 bits per heavy atom. The summed E-state index contributed by atoms with van der Waals surface area (Å²) in [5, 5.41) is 3.39. The molecule has 3 rings (SSSR count). The molecule has 1 N–H and O–H groups in total. The van der Waals surface area contributed by atoms with Crippen LogP contribution in [0.3, 0.4) is 0 Å². The van der Waals surface area contributed by atoms with E-state index in [-0.39, 0.29) is 16.9 Å². The summed E-state index contributed by atoms with van der Waals surface area (Å²) in [6.45, 7) is 3.89. The molecular weight excluding hydrogens is 288 g/mol. The van der Waals surface area contributed by atoms with Crippen LogP contribution >= 0.6 is 0 Å². The average Bonchev–Trinajstić information content (AvgIpc) is 2.54. The number of anilines is 1. The maximum Gasteiger partial charge on any atom is 0.261 e. The molecule has 2 aromatic carbocycles. The van der Waals surface area contributed by atoms with Crippen molar-refractivity contribution in [2.45, 2.75) is 13.8 Å². The normalized spacial score (nSPS) is 10.7. The van der Waals surface area contributed by atoms with Crippen LogP contribution in [-0.2, 0) is 7.05 Å². The van der Waals surface area contributed by atoms with E-state index in [1.54, 1.807) is 22.9 Å². The van der Waals surface area contributed by atoms with Gasteiger partial charge in [0.25, 0.3) is 5.91 Å². The molecule has 4 heteroatoms. The first-order valence-electron chi connectivity index (χ1n) is 7.44. The number of benzene rings is 2. The highest BCUT2D eigenvalue weighted by Gasteiger charge is 2.15. The van der Waals surface area contributed by atoms with E-state index in [4.69, 9.17) is 0 Å². The molecular formula is C19H18N2O2. The Labute approximate surface area is 134 Å². The molecule has 1 amide bonds. The number of aryl methyl sites for hydroxylation is 3. The van der Waals surface area contributed by atoms with Crippen LogP contribution in [0.15, 0.2) is 53.5 Å². The first-order valence-corrected chi connectivity index (χ1v) is 7.44. The van der Waals surface area contributed by atoms with Crippen LogP contribution in [0.1, 0.15) is 21.5 Å². The van der Waals surface area contributed by atoms with E-state index in [1.165, 1.54) is 0 Å². The zero-order valence-corrected chi connectivity index (χ0v) is 13.4. The molecule has 0 fully saturated rings. The molecule has 3 aromatic rings. The summed E-state index contributed by atoms with van der Waals surface area (Å²) < 4.78 is 1.80. The Morgan fingerprint density at radius 2 is 1.83 bits per heavy atom. The second kappa shape index (κ2) is 5.72. The Balaban J connectivity index is 2.06. The van der Waals surface area contributed by atoms with E-state index >= 15 is 0 Å². The SMILES string of the molecule is Cc1ccc(C)c(NC(=O)c2cn(C)c3ccccc3c2=O)c1. The molecule has 1 heterocycles. The minimum absolute atomic E-state index is 0.145. The van der Waals surface area contributed by atoms with Crippen molar-refractivity contribution in [3.63, 3.8) is 0 Å². The van der Waals surface area contributed by atoms with E-state index in [2.05, 4.69) is 5.32 Å². The number of hydrogen-bond donors (Lipinski definition) is 1. The van der Waals surface area contributed by atoms with Gasteiger partial charge < -0.3 is 9.88 Å². The summed E-state index contributed by atoms with van der Waals surface area (Å²) in [4.78, 5) is 25.2. The van der Waals surface area contributed by atoms with Crippen molar-refractivity contribution in [1.82, 2.24) is 4.57 Å². The Morgan fingerprint density at radius 3 is 2.61 bits per heavy atom. The number of fused-ring (bicyclic) bond motifs is 1. The van der Waals surface area contributed by atoms with Crippen LogP contribution in [0, 0.1) is 13.8 Å². The third kappa shape index (κ3) is 2.75. The van der Waals surface area contributed by atoms with Crippen molar-refractivity contribution in [2.24, 2.45) is 7.05 Å². The lowest BCUT2D eigenvalue weighted by atomic mass is 10.1. The molecule has 0 aliphatic carbocycles. The second-order valence-electron chi connectivity index (χ2n) is 5.77. The van der Waals surface area contributed by atoms with Gasteiger partial charge in [-0.2, -0.15) is 0 Å². The molecule has 0 saturated heterocycles. The third-order valence-electron chi connectivity index (χ3n) is 3.98. The van der Waals surface area contributed by atoms with Gasteiger partial charge in [0.2, 0.25) is 5.43 Å². The minimum atomic E-state index is -0.384. The number of carbonyl (C=O) groups excluding carboxylic acids is 1. The summed E-state index contributed by atoms with van der Waals surface area (Å²) in [7, 11) is 1.83. The molecule has 0 atom stereocenters. The highest BCUT2D eigenvalue weighted by Crippen LogP contribution is 2.17. The van der Waals surface area contributed by atoms with Gasteiger partial charge in [0.1, 0.15) is 5.56 Å². The number of nitrogens with one attached hydrogen (secondary N) is 1. The number of hydrogen-bond acceptors (Lipinski definition) is 2. The van der Waals surface area contributed by atoms with Gasteiger partial charge >= 0.3 is 0 Å². The molecule has 0 spiro atoms. The molecule has 4 nitrogen and oxygen atoms in total. The minimum Gasteiger partial charge on any atom is -0.350 e. The lowest BCUT2D eigenvalue weighted by Gasteiger charge is -2.11. The highest BCUT2D eigenvalue weighted by molar-refractivity contribution is 6.06. The summed E-state index contributed by atoms with van der Waals surface area (Å²) in [5.41, 5.74) is 3.44. The van der Waals surface area contributed by atoms with Gasteiger partial charge in [-0.15, -0.1) is 0 Å². The monoisotopic (exact) mass is 306 g/mol. The Kier molecular flexibility index (Phi) is 3.74. The lowest BCUT2D eigenvalue weighted by Crippen LogP contribution is -2.23. The van der Waals surface area contributed by atoms with Crippen LogP contribution in [0.5, 0.6) is 0 Å². The number of para-hydroxylation sites is 1. The second-order valence-corrected chi connectivity index (χ2v) is 5.77. The number of aromatic nitrogens is 1. The number of amides is 1. The van der Waals surface area contributed by atoms with Gasteiger partial charge in [0.05, 0.1) is 5.52 Å². The maximum atomic E-state index is 12.6. The first-order chi connectivity index (χ1) is 11.0. The highest BCUT2D eigenvalue weighted by atomic mass is 16.2. The van der Waals surface area contributed by atoms with Crippen LogP contribution in [0.4, 0.5) is 5.69 Å². The molecule has 0 saturated carbocycles. The smallest absolute Gasteiger partial charge is 0.261 e. The zero-order valence-electron chi connectivity index (χ0n) is 13.4. The van der Waals surface area contributed by atoms with Crippen molar-refractivity contribution in [3.8, 4) is 0 Å². The van der Waals surface area contributed by atoms with Crippen LogP contribution in [-0.4, -0.2) is 10.5 Å². The summed E-state index contributed by atoms with van der Waals surface area (Å²) in [6.07, 6.45) is 1.59. The van der Waals surface area contributed by atoms with Gasteiger partial charge in [-0.05, 0) is 43.2 Å². The quantitative estimate of drug-likeness (QED) is 0.789. The summed E-state index contributed by atoms with van der Waals surface area (Å²) in [5.74, 6) is -0.384. The summed E-state index contributed by atoms with van der Waals surface area (Å²) in [6, 6.07) is 13.1. The van der Waals surface area contributed by atoms with Crippen molar-refractivity contribution >= 4 is 22.5 Å². The standard InChI is InChI=1S/C19H18N2O2/c1-12-8-9-13(2)16(10-12)20-19(23)15-11-21(3)17-7-5-4-6-14(17)18(15)22/h4-11H,1-3H3,(H,20,23). The van der Waals surface area contributed by atoms with Gasteiger partial charge in [0, 0.05) is 24.3 Å². The van der Waals surface area contributed by atoms with Gasteiger partial charge in [0.15, 0.2) is 0 Å². The maximum absolute atomic E-state index is 12.6. The zero-order chi connectivity index (χ0) is 16.6. The molecule has 23 heavy (non-hydrogen) atoms. The first kappa shape index (κ1) is 15.0. The van der Waals surface area contributed by atoms with Crippen molar-refractivity contribution < 1.29 is 4.79 Å². The predicted octanol–water partition coefficient (Wildman–Crippen LogP) is 3.41. The van der Waals surface area contributed by atoms with Crippen LogP contribution in [0.2, 0.25) is 0 Å². The van der Waals surface area contributed by atoms with E-state index in [1.807, 2.05) is 51.2 Å². The van der Waals surface area contributed by atoms with Crippen LogP contribution < -0.4 is 10.7 Å². The number of rotatable bonds is 2. The van der Waals surface area contributed by atoms with Crippen molar-refractivity contribution in [2.75, 3.05) is 5.32 Å². The number of carbonyl (C=O) groups is 1. The molecule has 1 aromatic heterocycles. The Bertz CT molecular complexity index is 971. The Hall–Kier alpha value is -2.88. The van der Waals surface area contributed by atoms with Crippen molar-refractivity contribution in [3.05, 3.63) is 75.6 Å². The van der Waals surface area contributed by atoms with E-state index < -0.39 is 0 Å². The largest absolute Gasteiger partial charge is 0.350 e. The fourth-order valence-corrected chi connectivity index (χ4v) is 2.66. The molecule has 0 aliphatic heterocycles. The molecule has 0 unspecified atom stereocenters. The van der Waals surface area contributed by atoms with Gasteiger partial charge in [-0.3, -0.25) is 9.59 Å². The average molecular weight is 306 g/mol. The third-order valence-corrected chi connectivity index (χ3v) is 3.98. The molecule has 116 valence electrons. The molecule has 0 bridgehead atoms. The van der Waals surface area contributed by atoms with Gasteiger partial charge in [-0.25, -0.2) is 0 Å². The fourth-order valence-electron chi connectivity index (χ4n) is 2.66. The van der Waals surface area contributed by atoms with E-state index in [0.717, 1.165) is 22.3 Å². The lowest BCUT2D eigenvalue weighted by molar-refractivity contribution is 0.102. The molecule has 0 radical (unpaired) electrons. The van der Waals surface area contributed by atoms with Crippen LogP contribution in [0.25, 0.3) is 10.9 Å². The number of pyridine rings is 1. The van der Waals surface area contributed by atoms with Crippen molar-refractivity contribution in [1.29, 1.82) is 0 Å². The topological polar surface area (TPSA) is 51.1 Å². The molecule has 0 aliphatic rings.